The van der Waals surface area contributed by atoms with Gasteiger partial charge >= 0.3 is 88.7 Å². The molecule has 3 aromatic rings. The third kappa shape index (κ3) is 9.36. The van der Waals surface area contributed by atoms with Crippen molar-refractivity contribution >= 4 is 54.2 Å². The topological polar surface area (TPSA) is 199 Å². The van der Waals surface area contributed by atoms with E-state index in [1.54, 1.807) is 0 Å². The van der Waals surface area contributed by atoms with Crippen LogP contribution in [0.5, 0.6) is 17.2 Å². The quantitative estimate of drug-likeness (QED) is 0.120. The first-order valence-electron chi connectivity index (χ1n) is 9.83. The first kappa shape index (κ1) is 40.2. The molecule has 19 heteroatoms. The van der Waals surface area contributed by atoms with Crippen LogP contribution >= 0.6 is 7.92 Å². The summed E-state index contributed by atoms with van der Waals surface area (Å²) in [4.78, 5) is -2.18. The minimum atomic E-state index is -5.05. The van der Waals surface area contributed by atoms with Gasteiger partial charge < -0.3 is 27.9 Å². The van der Waals surface area contributed by atoms with Crippen molar-refractivity contribution in [3.05, 3.63) is 54.6 Å². The standard InChI is InChI=1S/C21H21O12PS3.3Na/c1-31-16-7-4-13(10-19(16)35(22,23)24)34(14-5-8-17(32-2)20(11-14)36(25,26)27)15-6-9-18(33-3)21(12-15)37(28,29)30;;;/h4-12H,1-3H3,(H,22,23,24)(H,25,26,27)(H,28,29,30);;;/q;3*+1/p-3. The van der Waals surface area contributed by atoms with Crippen molar-refractivity contribution in [2.75, 3.05) is 21.3 Å². The van der Waals surface area contributed by atoms with Gasteiger partial charge in [-0.25, -0.2) is 25.3 Å². The van der Waals surface area contributed by atoms with Gasteiger partial charge in [0.15, 0.2) is 0 Å². The van der Waals surface area contributed by atoms with Gasteiger partial charge in [-0.3, -0.25) is 0 Å². The van der Waals surface area contributed by atoms with Crippen LogP contribution in [0.2, 0.25) is 0 Å². The molecule has 3 aromatic carbocycles. The molecule has 0 amide bonds. The monoisotopic (exact) mass is 658 g/mol. The Kier molecular flexibility index (Phi) is 15.9. The summed E-state index contributed by atoms with van der Waals surface area (Å²) >= 11 is 0. The normalized spacial score (nSPS) is 11.5. The molecule has 0 aromatic heterocycles. The maximum absolute atomic E-state index is 11.9. The Hall–Kier alpha value is 0.220. The van der Waals surface area contributed by atoms with Crippen LogP contribution in [0.1, 0.15) is 0 Å². The van der Waals surface area contributed by atoms with E-state index in [0.29, 0.717) is 0 Å². The summed E-state index contributed by atoms with van der Waals surface area (Å²) in [7, 11) is -13.8. The molecule has 40 heavy (non-hydrogen) atoms. The summed E-state index contributed by atoms with van der Waals surface area (Å²) in [6.45, 7) is 0. The van der Waals surface area contributed by atoms with E-state index < -0.39 is 53.0 Å². The zero-order chi connectivity index (χ0) is 27.8. The third-order valence-corrected chi connectivity index (χ3v) is 9.98. The van der Waals surface area contributed by atoms with E-state index in [2.05, 4.69) is 0 Å². The van der Waals surface area contributed by atoms with Crippen molar-refractivity contribution in [2.24, 2.45) is 0 Å². The molecule has 200 valence electrons. The van der Waals surface area contributed by atoms with E-state index in [1.807, 2.05) is 0 Å². The zero-order valence-corrected chi connectivity index (χ0v) is 31.6. The van der Waals surface area contributed by atoms with Crippen LogP contribution in [0.3, 0.4) is 0 Å². The second-order valence-electron chi connectivity index (χ2n) is 7.20. The molecule has 0 aliphatic heterocycles. The summed E-state index contributed by atoms with van der Waals surface area (Å²) in [5.74, 6) is -0.781. The fraction of sp³-hybridized carbons (Fsp3) is 0.143. The van der Waals surface area contributed by atoms with Crippen molar-refractivity contribution < 1.29 is 142 Å². The second-order valence-corrected chi connectivity index (χ2v) is 13.5. The van der Waals surface area contributed by atoms with Gasteiger partial charge in [0, 0.05) is 0 Å². The Morgan fingerprint density at radius 1 is 0.500 bits per heavy atom. The molecule has 0 unspecified atom stereocenters. The second kappa shape index (κ2) is 15.8. The molecule has 0 N–H and O–H groups in total. The molecule has 0 heterocycles. The Morgan fingerprint density at radius 3 is 0.900 bits per heavy atom. The predicted octanol–water partition coefficient (Wildman–Crippen LogP) is -8.81. The number of hydrogen-bond donors (Lipinski definition) is 0. The first-order chi connectivity index (χ1) is 17.1. The van der Waals surface area contributed by atoms with E-state index in [9.17, 15) is 38.9 Å². The van der Waals surface area contributed by atoms with Crippen LogP contribution < -0.4 is 119 Å². The van der Waals surface area contributed by atoms with Crippen molar-refractivity contribution in [2.45, 2.75) is 14.7 Å². The van der Waals surface area contributed by atoms with Gasteiger partial charge in [-0.2, -0.15) is 0 Å². The molecule has 0 saturated carbocycles. The Balaban J connectivity index is 0.00000507. The average Bonchev–Trinajstić information content (AvgIpc) is 2.82. The molecule has 12 nitrogen and oxygen atoms in total. The van der Waals surface area contributed by atoms with Gasteiger partial charge in [0.2, 0.25) is 0 Å². The van der Waals surface area contributed by atoms with Crippen molar-refractivity contribution in [1.29, 1.82) is 0 Å². The number of methoxy groups -OCH3 is 3. The van der Waals surface area contributed by atoms with E-state index in [-0.39, 0.29) is 122 Å². The number of benzene rings is 3. The van der Waals surface area contributed by atoms with Gasteiger partial charge in [0.1, 0.15) is 47.6 Å². The van der Waals surface area contributed by atoms with Gasteiger partial charge in [-0.15, -0.1) is 0 Å². The van der Waals surface area contributed by atoms with Gasteiger partial charge in [0.25, 0.3) is 0 Å². The summed E-state index contributed by atoms with van der Waals surface area (Å²) < 4.78 is 122. The first-order valence-corrected chi connectivity index (χ1v) is 15.4. The number of rotatable bonds is 9. The molecule has 0 radical (unpaired) electrons. The minimum Gasteiger partial charge on any atom is -0.744 e. The smallest absolute Gasteiger partial charge is 0.744 e. The molecule has 0 bridgehead atoms. The fourth-order valence-corrected chi connectivity index (χ4v) is 8.06. The number of hydrogen-bond acceptors (Lipinski definition) is 12. The largest absolute Gasteiger partial charge is 1.00 e. The Bertz CT molecular complexity index is 1480. The summed E-state index contributed by atoms with van der Waals surface area (Å²) in [5, 5.41) is 0.386. The van der Waals surface area contributed by atoms with Gasteiger partial charge in [-0.1, -0.05) is 18.2 Å². The molecule has 0 fully saturated rings. The molecule has 0 aliphatic carbocycles. The average molecular weight is 659 g/mol. The summed E-state index contributed by atoms with van der Waals surface area (Å²) in [6.07, 6.45) is 0. The van der Waals surface area contributed by atoms with E-state index in [0.717, 1.165) is 39.5 Å². The van der Waals surface area contributed by atoms with Crippen LogP contribution in [0.15, 0.2) is 69.3 Å². The molecule has 0 saturated heterocycles. The van der Waals surface area contributed by atoms with Gasteiger partial charge in [0.05, 0.1) is 36.0 Å². The van der Waals surface area contributed by atoms with Gasteiger partial charge in [-0.05, 0) is 60.2 Å². The van der Waals surface area contributed by atoms with Crippen molar-refractivity contribution in [1.82, 2.24) is 0 Å². The maximum Gasteiger partial charge on any atom is 1.00 e. The fourth-order valence-electron chi connectivity index (χ4n) is 3.45. The van der Waals surface area contributed by atoms with E-state index in [1.165, 1.54) is 36.4 Å². The van der Waals surface area contributed by atoms with Crippen LogP contribution in [0.4, 0.5) is 0 Å². The molecular weight excluding hydrogens is 640 g/mol. The third-order valence-electron chi connectivity index (χ3n) is 5.02. The molecule has 0 atom stereocenters. The summed E-state index contributed by atoms with van der Waals surface area (Å²) in [6, 6.07) is 10.7. The Morgan fingerprint density at radius 2 is 0.725 bits per heavy atom. The van der Waals surface area contributed by atoms with Crippen LogP contribution in [0.25, 0.3) is 0 Å². The molecule has 3 rings (SSSR count). The molecular formula is C21H18Na3O12PS3. The minimum absolute atomic E-state index is 0. The zero-order valence-electron chi connectivity index (χ0n) is 22.3. The van der Waals surface area contributed by atoms with E-state index in [4.69, 9.17) is 14.2 Å². The van der Waals surface area contributed by atoms with Crippen molar-refractivity contribution in [3.8, 4) is 17.2 Å². The SMILES string of the molecule is COc1ccc(P(c2ccc(OC)c(S(=O)(=O)[O-])c2)c2ccc(OC)c(S(=O)(=O)[O-])c2)cc1S(=O)(=O)[O-].[Na+].[Na+].[Na+]. The van der Waals surface area contributed by atoms with E-state index >= 15 is 0 Å². The maximum atomic E-state index is 11.9. The van der Waals surface area contributed by atoms with Crippen LogP contribution in [-0.4, -0.2) is 60.2 Å². The Labute approximate surface area is 300 Å². The predicted molar refractivity (Wildman–Crippen MR) is 129 cm³/mol. The molecule has 0 aliphatic rings. The number of ether oxygens (including phenoxy) is 3. The summed E-state index contributed by atoms with van der Waals surface area (Å²) in [5.41, 5.74) is 0. The van der Waals surface area contributed by atoms with Crippen LogP contribution in [-0.2, 0) is 30.4 Å². The van der Waals surface area contributed by atoms with Crippen molar-refractivity contribution in [3.63, 3.8) is 0 Å². The van der Waals surface area contributed by atoms with Crippen LogP contribution in [0, 0.1) is 0 Å². The molecule has 0 spiro atoms.